The van der Waals surface area contributed by atoms with Crippen molar-refractivity contribution in [2.75, 3.05) is 13.2 Å². The van der Waals surface area contributed by atoms with Gasteiger partial charge in [-0.1, -0.05) is 336 Å². The van der Waals surface area contributed by atoms with Crippen molar-refractivity contribution in [1.82, 2.24) is 5.32 Å². The van der Waals surface area contributed by atoms with Gasteiger partial charge in [0.2, 0.25) is 5.91 Å². The number of esters is 1. The highest BCUT2D eigenvalue weighted by Gasteiger charge is 2.47. The van der Waals surface area contributed by atoms with Crippen molar-refractivity contribution < 1.29 is 49.3 Å². The molecule has 1 heterocycles. The second-order valence-corrected chi connectivity index (χ2v) is 26.7. The molecule has 0 bridgehead atoms. The fourth-order valence-corrected chi connectivity index (χ4v) is 11.9. The molecule has 0 aromatic rings. The minimum Gasteiger partial charge on any atom is -0.454 e. The first-order chi connectivity index (χ1) is 45.7. The van der Waals surface area contributed by atoms with Gasteiger partial charge in [0.25, 0.3) is 0 Å². The molecule has 0 saturated carbocycles. The van der Waals surface area contributed by atoms with Crippen LogP contribution in [0.4, 0.5) is 0 Å². The fraction of sp³-hybridized carbons (Fsp3) is 0.780. The minimum atomic E-state index is -1.62. The average Bonchev–Trinajstić information content (AvgIpc) is 0.844. The van der Waals surface area contributed by atoms with Gasteiger partial charge in [0, 0.05) is 6.42 Å². The van der Waals surface area contributed by atoms with Crippen molar-refractivity contribution in [3.05, 3.63) is 97.2 Å². The molecule has 1 saturated heterocycles. The average molecular weight is 1310 g/mol. The first kappa shape index (κ1) is 87.6. The van der Waals surface area contributed by atoms with Crippen molar-refractivity contribution in [1.29, 1.82) is 0 Å². The quantitative estimate of drug-likeness (QED) is 0.0195. The summed E-state index contributed by atoms with van der Waals surface area (Å²) in [5.41, 5.74) is 0. The lowest BCUT2D eigenvalue weighted by Crippen LogP contribution is -2.61. The molecule has 0 aromatic heterocycles. The molecule has 1 amide bonds. The summed E-state index contributed by atoms with van der Waals surface area (Å²) in [6.07, 6.45) is 83.0. The maximum atomic E-state index is 13.5. The Kier molecular flexibility index (Phi) is 64.5. The number of hydrogen-bond acceptors (Lipinski definition) is 10. The second-order valence-electron chi connectivity index (χ2n) is 26.7. The van der Waals surface area contributed by atoms with Gasteiger partial charge in [-0.2, -0.15) is 0 Å². The molecule has 538 valence electrons. The highest BCUT2D eigenvalue weighted by Crippen LogP contribution is 2.26. The summed E-state index contributed by atoms with van der Waals surface area (Å²) in [5, 5.41) is 57.4. The second kappa shape index (κ2) is 68.5. The number of hydrogen-bond donors (Lipinski definition) is 6. The van der Waals surface area contributed by atoms with Crippen LogP contribution in [0, 0.1) is 0 Å². The molecule has 0 spiro atoms. The van der Waals surface area contributed by atoms with Gasteiger partial charge in [-0.05, 0) is 103 Å². The molecule has 6 N–H and O–H groups in total. The van der Waals surface area contributed by atoms with Crippen LogP contribution in [0.3, 0.4) is 0 Å². The maximum absolute atomic E-state index is 13.5. The predicted octanol–water partition coefficient (Wildman–Crippen LogP) is 21.0. The van der Waals surface area contributed by atoms with E-state index in [2.05, 4.69) is 111 Å². The number of rotatable bonds is 67. The van der Waals surface area contributed by atoms with Crippen LogP contribution in [-0.4, -0.2) is 99.6 Å². The van der Waals surface area contributed by atoms with Crippen molar-refractivity contribution in [3.8, 4) is 0 Å². The van der Waals surface area contributed by atoms with Gasteiger partial charge in [0.1, 0.15) is 24.4 Å². The van der Waals surface area contributed by atoms with Crippen molar-refractivity contribution in [3.63, 3.8) is 0 Å². The van der Waals surface area contributed by atoms with E-state index in [1.54, 1.807) is 6.08 Å². The number of amides is 1. The first-order valence-corrected chi connectivity index (χ1v) is 39.0. The van der Waals surface area contributed by atoms with E-state index in [0.717, 1.165) is 109 Å². The zero-order chi connectivity index (χ0) is 67.4. The molecule has 0 radical (unpaired) electrons. The van der Waals surface area contributed by atoms with E-state index in [9.17, 15) is 35.1 Å². The normalized spacial score (nSPS) is 18.4. The summed E-state index contributed by atoms with van der Waals surface area (Å²) >= 11 is 0. The monoisotopic (exact) mass is 1300 g/mol. The summed E-state index contributed by atoms with van der Waals surface area (Å²) in [6.45, 7) is 5.72. The molecule has 1 aliphatic heterocycles. The molecule has 1 aliphatic rings. The molecule has 8 atom stereocenters. The molecule has 0 aliphatic carbocycles. The molecule has 8 unspecified atom stereocenters. The number of aliphatic hydroxyl groups is 5. The zero-order valence-corrected chi connectivity index (χ0v) is 60.1. The number of carbonyl (C=O) groups is 2. The summed E-state index contributed by atoms with van der Waals surface area (Å²) in [6, 6.07) is -1.03. The number of ether oxygens (including phenoxy) is 3. The van der Waals surface area contributed by atoms with E-state index in [4.69, 9.17) is 14.2 Å². The van der Waals surface area contributed by atoms with Crippen LogP contribution in [0.15, 0.2) is 97.2 Å². The van der Waals surface area contributed by atoms with Gasteiger partial charge in [-0.3, -0.25) is 9.59 Å². The Morgan fingerprint density at radius 1 is 0.430 bits per heavy atom. The van der Waals surface area contributed by atoms with Crippen LogP contribution in [0.2, 0.25) is 0 Å². The van der Waals surface area contributed by atoms with Crippen molar-refractivity contribution in [2.45, 2.75) is 397 Å². The Morgan fingerprint density at radius 2 is 0.774 bits per heavy atom. The summed E-state index contributed by atoms with van der Waals surface area (Å²) in [5.74, 6) is -1.20. The molecule has 11 nitrogen and oxygen atoms in total. The van der Waals surface area contributed by atoms with Crippen LogP contribution < -0.4 is 5.32 Å². The van der Waals surface area contributed by atoms with Crippen LogP contribution >= 0.6 is 0 Å². The van der Waals surface area contributed by atoms with Gasteiger partial charge in [-0.25, -0.2) is 0 Å². The fourth-order valence-electron chi connectivity index (χ4n) is 11.9. The van der Waals surface area contributed by atoms with Gasteiger partial charge >= 0.3 is 5.97 Å². The van der Waals surface area contributed by atoms with Gasteiger partial charge in [-0.15, -0.1) is 0 Å². The molecule has 11 heteroatoms. The maximum Gasteiger partial charge on any atom is 0.306 e. The Bertz CT molecular complexity index is 1890. The third-order valence-corrected chi connectivity index (χ3v) is 18.0. The standard InChI is InChI=1S/C82H145NO10/c1-4-7-10-13-16-19-22-25-27-29-31-33-35-37-38-39-41-43-45-47-49-52-55-58-61-64-67-70-77(87)93-80-79(89)78(88)76(71-84)92-82(80)91-72-73(74(85)68-65-62-59-56-53-50-24-21-18-15-12-9-6-3)83-81(90)75(86)69-66-63-60-57-54-51-48-46-44-42-40-36-34-32-30-28-26-23-20-17-14-11-8-5-2/h7,10,16,19,25-28,31,33,37-38,41,43,65,68,73-76,78-80,82,84-86,88-89H,4-6,8-9,11-15,17-18,20-24,29-30,32,34-36,39-40,42,44-64,66-67,69-72H2,1-3H3,(H,83,90)/b10-7-,19-16-,27-25-,28-26+,33-31-,38-37-,43-41-,68-65+. The van der Waals surface area contributed by atoms with Crippen molar-refractivity contribution >= 4 is 11.9 Å². The van der Waals surface area contributed by atoms with E-state index in [0.29, 0.717) is 19.3 Å². The topological polar surface area (TPSA) is 175 Å². The SMILES string of the molecule is CC/C=C\C/C=C\C/C=C\C/C=C\C/C=C\C/C=C\CCCCCCCCCCC(=O)OC1C(OCC(NC(=O)C(O)CCCCCCCCCCCCCCCC/C=C/CCCCCCCC)C(O)/C=C/CCCCCCCCCCCCC)OC(CO)C(O)C1O. The largest absolute Gasteiger partial charge is 0.454 e. The highest BCUT2D eigenvalue weighted by atomic mass is 16.7. The Labute approximate surface area is 571 Å². The van der Waals surface area contributed by atoms with Crippen LogP contribution in [0.1, 0.15) is 348 Å². The molecule has 1 rings (SSSR count). The molecular formula is C82H145NO10. The van der Waals surface area contributed by atoms with E-state index in [1.165, 1.54) is 193 Å². The number of nitrogens with one attached hydrogen (secondary N) is 1. The molecular weight excluding hydrogens is 1160 g/mol. The number of unbranched alkanes of at least 4 members (excludes halogenated alkanes) is 39. The van der Waals surface area contributed by atoms with E-state index in [1.807, 2.05) is 6.08 Å². The smallest absolute Gasteiger partial charge is 0.306 e. The lowest BCUT2D eigenvalue weighted by atomic mass is 9.99. The van der Waals surface area contributed by atoms with Crippen LogP contribution in [-0.2, 0) is 23.8 Å². The lowest BCUT2D eigenvalue weighted by molar-refractivity contribution is -0.305. The zero-order valence-electron chi connectivity index (χ0n) is 60.1. The number of carbonyl (C=O) groups excluding carboxylic acids is 2. The molecule has 0 aromatic carbocycles. The molecule has 93 heavy (non-hydrogen) atoms. The van der Waals surface area contributed by atoms with E-state index < -0.39 is 67.4 Å². The number of aliphatic hydroxyl groups excluding tert-OH is 5. The van der Waals surface area contributed by atoms with Gasteiger partial charge < -0.3 is 45.1 Å². The third-order valence-electron chi connectivity index (χ3n) is 18.0. The molecule has 1 fully saturated rings. The van der Waals surface area contributed by atoms with Crippen LogP contribution in [0.5, 0.6) is 0 Å². The van der Waals surface area contributed by atoms with Gasteiger partial charge in [0.05, 0.1) is 25.4 Å². The lowest BCUT2D eigenvalue weighted by Gasteiger charge is -2.41. The Morgan fingerprint density at radius 3 is 1.17 bits per heavy atom. The summed E-state index contributed by atoms with van der Waals surface area (Å²) in [7, 11) is 0. The predicted molar refractivity (Wildman–Crippen MR) is 393 cm³/mol. The Balaban J connectivity index is 2.54. The van der Waals surface area contributed by atoms with E-state index in [-0.39, 0.29) is 13.0 Å². The summed E-state index contributed by atoms with van der Waals surface area (Å²) < 4.78 is 17.7. The Hall–Kier alpha value is -3.42. The first-order valence-electron chi connectivity index (χ1n) is 39.0. The van der Waals surface area contributed by atoms with Crippen molar-refractivity contribution in [2.24, 2.45) is 0 Å². The third kappa shape index (κ3) is 55.3. The van der Waals surface area contributed by atoms with Crippen LogP contribution in [0.25, 0.3) is 0 Å². The number of allylic oxidation sites excluding steroid dienone is 15. The minimum absolute atomic E-state index is 0.110. The summed E-state index contributed by atoms with van der Waals surface area (Å²) in [4.78, 5) is 26.8. The highest BCUT2D eigenvalue weighted by molar-refractivity contribution is 5.80. The van der Waals surface area contributed by atoms with Gasteiger partial charge in [0.15, 0.2) is 12.4 Å². The van der Waals surface area contributed by atoms with E-state index >= 15 is 0 Å².